The number of hydrogen-bond donors (Lipinski definition) is 2. The van der Waals surface area contributed by atoms with Crippen molar-refractivity contribution < 1.29 is 9.90 Å². The Kier molecular flexibility index (Phi) is 5.98. The lowest BCUT2D eigenvalue weighted by atomic mass is 10.1. The lowest BCUT2D eigenvalue weighted by molar-refractivity contribution is -0.137. The highest BCUT2D eigenvalue weighted by atomic mass is 35.5. The second-order valence-corrected chi connectivity index (χ2v) is 3.78. The molecule has 0 spiro atoms. The molecule has 0 heterocycles. The summed E-state index contributed by atoms with van der Waals surface area (Å²) in [5.74, 6) is -0.950. The number of aliphatic carboxylic acids is 1. The van der Waals surface area contributed by atoms with Crippen LogP contribution in [-0.4, -0.2) is 11.1 Å². The number of carbonyl (C=O) groups is 1. The van der Waals surface area contributed by atoms with Crippen LogP contribution in [0, 0.1) is 0 Å². The van der Waals surface area contributed by atoms with Crippen LogP contribution >= 0.6 is 35.6 Å². The molecule has 0 amide bonds. The second-order valence-electron chi connectivity index (χ2n) is 2.91. The second kappa shape index (κ2) is 6.18. The Labute approximate surface area is 104 Å². The van der Waals surface area contributed by atoms with E-state index in [4.69, 9.17) is 34.0 Å². The molecule has 1 aromatic rings. The first-order valence-electron chi connectivity index (χ1n) is 3.92. The molecular weight excluding hydrogens is 260 g/mol. The first-order chi connectivity index (χ1) is 6.49. The molecule has 0 aliphatic heterocycles. The van der Waals surface area contributed by atoms with E-state index in [9.17, 15) is 4.79 Å². The van der Waals surface area contributed by atoms with Crippen molar-refractivity contribution in [1.82, 2.24) is 0 Å². The molecule has 0 saturated heterocycles. The highest BCUT2D eigenvalue weighted by Gasteiger charge is 2.11. The van der Waals surface area contributed by atoms with Gasteiger partial charge in [0.25, 0.3) is 0 Å². The molecule has 0 aliphatic carbocycles. The molecule has 3 nitrogen and oxygen atoms in total. The van der Waals surface area contributed by atoms with E-state index >= 15 is 0 Å². The normalized spacial score (nSPS) is 11.7. The molecule has 3 N–H and O–H groups in total. The zero-order valence-corrected chi connectivity index (χ0v) is 9.94. The van der Waals surface area contributed by atoms with Gasteiger partial charge in [0.05, 0.1) is 6.42 Å². The molecule has 6 heteroatoms. The van der Waals surface area contributed by atoms with Crippen LogP contribution in [0.3, 0.4) is 0 Å². The zero-order valence-electron chi connectivity index (χ0n) is 7.61. The monoisotopic (exact) mass is 269 g/mol. The van der Waals surface area contributed by atoms with Gasteiger partial charge in [-0.3, -0.25) is 4.79 Å². The van der Waals surface area contributed by atoms with E-state index in [0.29, 0.717) is 15.6 Å². The standard InChI is InChI=1S/C9H9Cl2NO2.ClH/c10-6-1-5(2-7(11)3-6)8(12)4-9(13)14;/h1-3,8H,4,12H2,(H,13,14);1H. The fourth-order valence-electron chi connectivity index (χ4n) is 1.10. The quantitative estimate of drug-likeness (QED) is 0.887. The molecule has 84 valence electrons. The summed E-state index contributed by atoms with van der Waals surface area (Å²) in [7, 11) is 0. The van der Waals surface area contributed by atoms with Crippen molar-refractivity contribution in [2.24, 2.45) is 5.73 Å². The number of hydrogen-bond acceptors (Lipinski definition) is 2. The minimum Gasteiger partial charge on any atom is -0.481 e. The maximum absolute atomic E-state index is 10.4. The highest BCUT2D eigenvalue weighted by Crippen LogP contribution is 2.23. The lowest BCUT2D eigenvalue weighted by Gasteiger charge is -2.09. The molecule has 1 aromatic carbocycles. The summed E-state index contributed by atoms with van der Waals surface area (Å²) in [5, 5.41) is 9.44. The number of benzene rings is 1. The first kappa shape index (κ1) is 14.5. The van der Waals surface area contributed by atoms with Crippen LogP contribution in [0.4, 0.5) is 0 Å². The van der Waals surface area contributed by atoms with Crippen molar-refractivity contribution in [1.29, 1.82) is 0 Å². The van der Waals surface area contributed by atoms with E-state index in [1.807, 2.05) is 0 Å². The first-order valence-corrected chi connectivity index (χ1v) is 4.68. The number of carboxylic acids is 1. The van der Waals surface area contributed by atoms with Crippen LogP contribution in [-0.2, 0) is 4.79 Å². The molecular formula is C9H10Cl3NO2. The number of nitrogens with two attached hydrogens (primary N) is 1. The zero-order chi connectivity index (χ0) is 10.7. The minimum atomic E-state index is -0.950. The topological polar surface area (TPSA) is 63.3 Å². The summed E-state index contributed by atoms with van der Waals surface area (Å²) in [6, 6.07) is 4.21. The van der Waals surface area contributed by atoms with Crippen molar-refractivity contribution in [2.45, 2.75) is 12.5 Å². The van der Waals surface area contributed by atoms with E-state index in [1.165, 1.54) is 0 Å². The average Bonchev–Trinajstić information content (AvgIpc) is 2.00. The van der Waals surface area contributed by atoms with Crippen LogP contribution in [0.15, 0.2) is 18.2 Å². The third-order valence-electron chi connectivity index (χ3n) is 1.71. The van der Waals surface area contributed by atoms with Gasteiger partial charge in [0.15, 0.2) is 0 Å². The van der Waals surface area contributed by atoms with Gasteiger partial charge in [-0.25, -0.2) is 0 Å². The van der Waals surface area contributed by atoms with Gasteiger partial charge in [-0.2, -0.15) is 0 Å². The van der Waals surface area contributed by atoms with Gasteiger partial charge in [0.2, 0.25) is 0 Å². The van der Waals surface area contributed by atoms with Crippen LogP contribution in [0.2, 0.25) is 10.0 Å². The van der Waals surface area contributed by atoms with Crippen molar-refractivity contribution in [3.8, 4) is 0 Å². The van der Waals surface area contributed by atoms with E-state index in [-0.39, 0.29) is 18.8 Å². The van der Waals surface area contributed by atoms with Crippen molar-refractivity contribution in [3.05, 3.63) is 33.8 Å². The Bertz CT molecular complexity index is 337. The van der Waals surface area contributed by atoms with Crippen molar-refractivity contribution in [2.75, 3.05) is 0 Å². The molecule has 1 atom stereocenters. The Morgan fingerprint density at radius 2 is 1.80 bits per heavy atom. The fraction of sp³-hybridized carbons (Fsp3) is 0.222. The Morgan fingerprint density at radius 3 is 2.20 bits per heavy atom. The Balaban J connectivity index is 0.00000196. The average molecular weight is 271 g/mol. The third-order valence-corrected chi connectivity index (χ3v) is 2.14. The molecule has 1 rings (SSSR count). The number of rotatable bonds is 3. The molecule has 0 fully saturated rings. The molecule has 0 bridgehead atoms. The molecule has 0 aromatic heterocycles. The van der Waals surface area contributed by atoms with Crippen molar-refractivity contribution >= 4 is 41.6 Å². The molecule has 1 unspecified atom stereocenters. The van der Waals surface area contributed by atoms with Gasteiger partial charge in [0.1, 0.15) is 0 Å². The van der Waals surface area contributed by atoms with Gasteiger partial charge in [0, 0.05) is 16.1 Å². The highest BCUT2D eigenvalue weighted by molar-refractivity contribution is 6.34. The summed E-state index contributed by atoms with van der Waals surface area (Å²) >= 11 is 11.5. The largest absolute Gasteiger partial charge is 0.481 e. The van der Waals surface area contributed by atoms with Gasteiger partial charge in [-0.15, -0.1) is 12.4 Å². The number of carboxylic acid groups (broad SMARTS) is 1. The summed E-state index contributed by atoms with van der Waals surface area (Å²) < 4.78 is 0. The Hall–Kier alpha value is -0.480. The third kappa shape index (κ3) is 4.71. The minimum absolute atomic E-state index is 0. The summed E-state index contributed by atoms with van der Waals surface area (Å²) in [4.78, 5) is 10.4. The van der Waals surface area contributed by atoms with Gasteiger partial charge in [-0.1, -0.05) is 23.2 Å². The van der Waals surface area contributed by atoms with Crippen LogP contribution in [0.25, 0.3) is 0 Å². The maximum Gasteiger partial charge on any atom is 0.305 e. The summed E-state index contributed by atoms with van der Waals surface area (Å²) in [6.07, 6.45) is -0.142. The Morgan fingerprint density at radius 1 is 1.33 bits per heavy atom. The molecule has 15 heavy (non-hydrogen) atoms. The van der Waals surface area contributed by atoms with Gasteiger partial charge >= 0.3 is 5.97 Å². The fourth-order valence-corrected chi connectivity index (χ4v) is 1.64. The van der Waals surface area contributed by atoms with E-state index < -0.39 is 12.0 Å². The van der Waals surface area contributed by atoms with Gasteiger partial charge in [-0.05, 0) is 23.8 Å². The molecule has 0 saturated carbocycles. The van der Waals surface area contributed by atoms with E-state index in [1.54, 1.807) is 18.2 Å². The van der Waals surface area contributed by atoms with Crippen molar-refractivity contribution in [3.63, 3.8) is 0 Å². The predicted octanol–water partition coefficient (Wildman–Crippen LogP) is 2.89. The van der Waals surface area contributed by atoms with Crippen LogP contribution in [0.1, 0.15) is 18.0 Å². The smallest absolute Gasteiger partial charge is 0.305 e. The summed E-state index contributed by atoms with van der Waals surface area (Å²) in [5.41, 5.74) is 6.27. The SMILES string of the molecule is Cl.NC(CC(=O)O)c1cc(Cl)cc(Cl)c1. The van der Waals surface area contributed by atoms with Crippen LogP contribution in [0.5, 0.6) is 0 Å². The molecule has 0 radical (unpaired) electrons. The summed E-state index contributed by atoms with van der Waals surface area (Å²) in [6.45, 7) is 0. The van der Waals surface area contributed by atoms with E-state index in [2.05, 4.69) is 0 Å². The maximum atomic E-state index is 10.4. The molecule has 0 aliphatic rings. The van der Waals surface area contributed by atoms with Crippen LogP contribution < -0.4 is 5.73 Å². The van der Waals surface area contributed by atoms with E-state index in [0.717, 1.165) is 0 Å². The number of halogens is 3. The van der Waals surface area contributed by atoms with Gasteiger partial charge < -0.3 is 10.8 Å². The lowest BCUT2D eigenvalue weighted by Crippen LogP contribution is -2.14. The predicted molar refractivity (Wildman–Crippen MR) is 62.9 cm³/mol.